The Balaban J connectivity index is 1.62. The van der Waals surface area contributed by atoms with Crippen molar-refractivity contribution >= 4 is 23.4 Å². The number of thioether (sulfide) groups is 1. The summed E-state index contributed by atoms with van der Waals surface area (Å²) in [6.07, 6.45) is 0. The lowest BCUT2D eigenvalue weighted by Crippen LogP contribution is -2.15. The molecule has 8 heteroatoms. The van der Waals surface area contributed by atoms with Crippen LogP contribution in [0.3, 0.4) is 0 Å². The predicted molar refractivity (Wildman–Crippen MR) is 96.5 cm³/mol. The third-order valence-corrected chi connectivity index (χ3v) is 4.70. The van der Waals surface area contributed by atoms with E-state index in [9.17, 15) is 4.79 Å². The zero-order valence-electron chi connectivity index (χ0n) is 14.5. The molecule has 3 rings (SSSR count). The first kappa shape index (κ1) is 17.2. The maximum atomic E-state index is 12.2. The molecular weight excluding hydrogens is 338 g/mol. The molecule has 0 saturated carbocycles. The van der Waals surface area contributed by atoms with Crippen LogP contribution < -0.4 is 5.32 Å². The topological polar surface area (TPSA) is 85.8 Å². The number of hydrogen-bond acceptors (Lipinski definition) is 6. The number of amides is 1. The molecule has 25 heavy (non-hydrogen) atoms. The molecule has 3 aromatic rings. The van der Waals surface area contributed by atoms with Crippen LogP contribution in [0.5, 0.6) is 0 Å². The summed E-state index contributed by atoms with van der Waals surface area (Å²) in [4.78, 5) is 12.2. The SMILES string of the molecule is Cc1ccccc1-c1nnc(SCC(=O)Nc2c(C)nn(C)c2C)o1. The van der Waals surface area contributed by atoms with Crippen molar-refractivity contribution < 1.29 is 9.21 Å². The second kappa shape index (κ2) is 7.10. The Hall–Kier alpha value is -2.61. The average molecular weight is 357 g/mol. The van der Waals surface area contributed by atoms with Gasteiger partial charge in [0.2, 0.25) is 11.8 Å². The molecule has 2 heterocycles. The van der Waals surface area contributed by atoms with Crippen LogP contribution in [0.4, 0.5) is 5.69 Å². The van der Waals surface area contributed by atoms with Crippen molar-refractivity contribution in [3.63, 3.8) is 0 Å². The highest BCUT2D eigenvalue weighted by Gasteiger charge is 2.15. The minimum atomic E-state index is -0.139. The monoisotopic (exact) mass is 357 g/mol. The predicted octanol–water partition coefficient (Wildman–Crippen LogP) is 3.13. The van der Waals surface area contributed by atoms with Crippen molar-refractivity contribution in [1.29, 1.82) is 0 Å². The number of nitrogens with one attached hydrogen (secondary N) is 1. The molecule has 0 spiro atoms. The quantitative estimate of drug-likeness (QED) is 0.706. The highest BCUT2D eigenvalue weighted by atomic mass is 32.2. The van der Waals surface area contributed by atoms with Gasteiger partial charge in [-0.2, -0.15) is 5.10 Å². The zero-order valence-corrected chi connectivity index (χ0v) is 15.3. The van der Waals surface area contributed by atoms with Gasteiger partial charge in [-0.25, -0.2) is 0 Å². The first-order valence-corrected chi connectivity index (χ1v) is 8.76. The van der Waals surface area contributed by atoms with Crippen molar-refractivity contribution in [2.75, 3.05) is 11.1 Å². The third kappa shape index (κ3) is 3.74. The summed E-state index contributed by atoms with van der Waals surface area (Å²) in [5, 5.41) is 15.6. The number of hydrogen-bond donors (Lipinski definition) is 1. The number of carbonyl (C=O) groups is 1. The number of aryl methyl sites for hydroxylation is 3. The molecule has 0 unspecified atom stereocenters. The molecule has 0 saturated heterocycles. The van der Waals surface area contributed by atoms with E-state index in [1.165, 1.54) is 11.8 Å². The van der Waals surface area contributed by atoms with Gasteiger partial charge in [-0.15, -0.1) is 10.2 Å². The Morgan fingerprint density at radius 1 is 1.24 bits per heavy atom. The Bertz CT molecular complexity index is 916. The third-order valence-electron chi connectivity index (χ3n) is 3.88. The number of benzene rings is 1. The van der Waals surface area contributed by atoms with Crippen LogP contribution in [0.1, 0.15) is 17.0 Å². The molecule has 0 atom stereocenters. The van der Waals surface area contributed by atoms with E-state index in [4.69, 9.17) is 4.42 Å². The maximum Gasteiger partial charge on any atom is 0.277 e. The standard InChI is InChI=1S/C17H19N5O2S/c1-10-7-5-6-8-13(10)16-19-20-17(24-16)25-9-14(23)18-15-11(2)21-22(4)12(15)3/h5-8H,9H2,1-4H3,(H,18,23). The molecule has 130 valence electrons. The van der Waals surface area contributed by atoms with Crippen LogP contribution in [-0.2, 0) is 11.8 Å². The number of nitrogens with zero attached hydrogens (tertiary/aromatic N) is 4. The van der Waals surface area contributed by atoms with Crippen molar-refractivity contribution in [3.05, 3.63) is 41.2 Å². The van der Waals surface area contributed by atoms with Crippen molar-refractivity contribution in [2.45, 2.75) is 26.0 Å². The number of anilines is 1. The van der Waals surface area contributed by atoms with Crippen LogP contribution in [0, 0.1) is 20.8 Å². The minimum absolute atomic E-state index is 0.139. The summed E-state index contributed by atoms with van der Waals surface area (Å²) in [6.45, 7) is 5.76. The molecule has 7 nitrogen and oxygen atoms in total. The molecule has 0 radical (unpaired) electrons. The van der Waals surface area contributed by atoms with Gasteiger partial charge in [-0.05, 0) is 32.4 Å². The van der Waals surface area contributed by atoms with Gasteiger partial charge in [0.1, 0.15) is 0 Å². The van der Waals surface area contributed by atoms with Crippen molar-refractivity contribution in [1.82, 2.24) is 20.0 Å². The normalized spacial score (nSPS) is 10.9. The molecule has 1 amide bonds. The number of rotatable bonds is 5. The highest BCUT2D eigenvalue weighted by Crippen LogP contribution is 2.26. The van der Waals surface area contributed by atoms with Crippen LogP contribution in [0.15, 0.2) is 33.9 Å². The van der Waals surface area contributed by atoms with Crippen LogP contribution in [0.2, 0.25) is 0 Å². The largest absolute Gasteiger partial charge is 0.411 e. The summed E-state index contributed by atoms with van der Waals surface area (Å²) >= 11 is 1.21. The fourth-order valence-corrected chi connectivity index (χ4v) is 3.01. The fourth-order valence-electron chi connectivity index (χ4n) is 2.45. The van der Waals surface area contributed by atoms with E-state index in [1.54, 1.807) is 4.68 Å². The summed E-state index contributed by atoms with van der Waals surface area (Å²) in [5.74, 6) is 0.503. The summed E-state index contributed by atoms with van der Waals surface area (Å²) in [7, 11) is 1.85. The van der Waals surface area contributed by atoms with Gasteiger partial charge in [0, 0.05) is 12.6 Å². The van der Waals surface area contributed by atoms with Crippen LogP contribution in [-0.4, -0.2) is 31.6 Å². The van der Waals surface area contributed by atoms with E-state index in [0.717, 1.165) is 28.2 Å². The molecule has 1 aromatic carbocycles. The molecule has 0 aliphatic carbocycles. The van der Waals surface area contributed by atoms with Gasteiger partial charge < -0.3 is 9.73 Å². The van der Waals surface area contributed by atoms with Gasteiger partial charge in [0.05, 0.1) is 22.8 Å². The molecular formula is C17H19N5O2S. The zero-order chi connectivity index (χ0) is 18.0. The first-order chi connectivity index (χ1) is 12.0. The lowest BCUT2D eigenvalue weighted by Gasteiger charge is -2.04. The number of carbonyl (C=O) groups excluding carboxylic acids is 1. The van der Waals surface area contributed by atoms with E-state index in [-0.39, 0.29) is 11.7 Å². The lowest BCUT2D eigenvalue weighted by molar-refractivity contribution is -0.113. The van der Waals surface area contributed by atoms with Crippen molar-refractivity contribution in [3.8, 4) is 11.5 Å². The summed E-state index contributed by atoms with van der Waals surface area (Å²) < 4.78 is 7.39. The molecule has 0 fully saturated rings. The van der Waals surface area contributed by atoms with Gasteiger partial charge in [0.25, 0.3) is 5.22 Å². The Morgan fingerprint density at radius 2 is 2.00 bits per heavy atom. The van der Waals surface area contributed by atoms with E-state index >= 15 is 0 Å². The van der Waals surface area contributed by atoms with Crippen molar-refractivity contribution in [2.24, 2.45) is 7.05 Å². The Labute approximate surface area is 149 Å². The second-order valence-corrected chi connectivity index (χ2v) is 6.62. The van der Waals surface area contributed by atoms with Gasteiger partial charge in [0.15, 0.2) is 0 Å². The minimum Gasteiger partial charge on any atom is -0.411 e. The fraction of sp³-hybridized carbons (Fsp3) is 0.294. The van der Waals surface area contributed by atoms with Gasteiger partial charge in [-0.1, -0.05) is 30.0 Å². The van der Waals surface area contributed by atoms with Crippen LogP contribution in [0.25, 0.3) is 11.5 Å². The Morgan fingerprint density at radius 3 is 2.68 bits per heavy atom. The first-order valence-electron chi connectivity index (χ1n) is 7.78. The van der Waals surface area contributed by atoms with E-state index in [2.05, 4.69) is 20.6 Å². The summed E-state index contributed by atoms with van der Waals surface area (Å²) in [5.41, 5.74) is 4.41. The molecule has 2 aromatic heterocycles. The summed E-state index contributed by atoms with van der Waals surface area (Å²) in [6, 6.07) is 7.79. The molecule has 1 N–H and O–H groups in total. The van der Waals surface area contributed by atoms with E-state index in [0.29, 0.717) is 11.1 Å². The lowest BCUT2D eigenvalue weighted by atomic mass is 10.1. The number of aromatic nitrogens is 4. The average Bonchev–Trinajstić information content (AvgIpc) is 3.14. The van der Waals surface area contributed by atoms with Gasteiger partial charge in [-0.3, -0.25) is 9.48 Å². The maximum absolute atomic E-state index is 12.2. The van der Waals surface area contributed by atoms with E-state index < -0.39 is 0 Å². The molecule has 0 bridgehead atoms. The van der Waals surface area contributed by atoms with Crippen LogP contribution >= 0.6 is 11.8 Å². The second-order valence-electron chi connectivity index (χ2n) is 5.69. The highest BCUT2D eigenvalue weighted by molar-refractivity contribution is 7.99. The van der Waals surface area contributed by atoms with E-state index in [1.807, 2.05) is 52.1 Å². The molecule has 0 aliphatic rings. The van der Waals surface area contributed by atoms with Gasteiger partial charge >= 0.3 is 0 Å². The molecule has 0 aliphatic heterocycles. The Kier molecular flexibility index (Phi) is 4.89. The smallest absolute Gasteiger partial charge is 0.277 e.